The van der Waals surface area contributed by atoms with Crippen LogP contribution in [0.15, 0.2) is 33.2 Å². The van der Waals surface area contributed by atoms with Crippen molar-refractivity contribution in [1.82, 2.24) is 14.7 Å². The molecule has 0 spiro atoms. The largest absolute Gasteiger partial charge is 0.409 e. The number of hydrogen-bond acceptors (Lipinski definition) is 5. The Morgan fingerprint density at radius 3 is 3.00 bits per heavy atom. The van der Waals surface area contributed by atoms with Crippen molar-refractivity contribution in [2.75, 3.05) is 13.1 Å². The lowest BCUT2D eigenvalue weighted by Crippen LogP contribution is -2.39. The van der Waals surface area contributed by atoms with Gasteiger partial charge < -0.3 is 9.52 Å². The monoisotopic (exact) mass is 369 g/mol. The Balaban J connectivity index is 1.82. The van der Waals surface area contributed by atoms with Crippen molar-refractivity contribution in [3.05, 3.63) is 33.6 Å². The van der Waals surface area contributed by atoms with Crippen LogP contribution < -0.4 is 0 Å². The molecule has 1 aromatic heterocycles. The van der Waals surface area contributed by atoms with Crippen molar-refractivity contribution in [2.45, 2.75) is 25.6 Å². The van der Waals surface area contributed by atoms with Gasteiger partial charge in [0.1, 0.15) is 0 Å². The summed E-state index contributed by atoms with van der Waals surface area (Å²) >= 11 is 8.73. The van der Waals surface area contributed by atoms with Gasteiger partial charge in [-0.25, -0.2) is 4.68 Å². The lowest BCUT2D eigenvalue weighted by molar-refractivity contribution is 0.0509. The molecule has 3 rings (SSSR count). The maximum Gasteiger partial charge on any atom is 0.288 e. The van der Waals surface area contributed by atoms with Crippen LogP contribution in [0.3, 0.4) is 0 Å². The highest BCUT2D eigenvalue weighted by atomic mass is 79.9. The van der Waals surface area contributed by atoms with Crippen LogP contribution in [0.5, 0.6) is 0 Å². The fourth-order valence-corrected chi connectivity index (χ4v) is 3.12. The van der Waals surface area contributed by atoms with Gasteiger partial charge in [0.05, 0.1) is 18.3 Å². The fraction of sp³-hybridized carbons (Fsp3) is 0.429. The fourth-order valence-electron chi connectivity index (χ4n) is 2.49. The van der Waals surface area contributed by atoms with Gasteiger partial charge in [0.25, 0.3) is 4.84 Å². The summed E-state index contributed by atoms with van der Waals surface area (Å²) < 4.78 is 8.18. The topological polar surface area (TPSA) is 54.4 Å². The lowest BCUT2D eigenvalue weighted by atomic mass is 10.1. The SMILES string of the molecule is O[C@H]1CCCN(Cn2nc(-c3ccccc3Br)oc2=S)C1. The van der Waals surface area contributed by atoms with E-state index in [1.807, 2.05) is 24.3 Å². The smallest absolute Gasteiger partial charge is 0.288 e. The predicted octanol–water partition coefficient (Wildman–Crippen LogP) is 3.05. The highest BCUT2D eigenvalue weighted by molar-refractivity contribution is 9.10. The third-order valence-electron chi connectivity index (χ3n) is 3.53. The van der Waals surface area contributed by atoms with Gasteiger partial charge in [-0.2, -0.15) is 0 Å². The third kappa shape index (κ3) is 3.42. The molecule has 0 amide bonds. The molecule has 0 aliphatic carbocycles. The van der Waals surface area contributed by atoms with Crippen LogP contribution >= 0.6 is 28.1 Å². The van der Waals surface area contributed by atoms with E-state index in [1.54, 1.807) is 4.68 Å². The number of nitrogens with zero attached hydrogens (tertiary/aromatic N) is 3. The minimum absolute atomic E-state index is 0.262. The second-order valence-corrected chi connectivity index (χ2v) is 6.37. The summed E-state index contributed by atoms with van der Waals surface area (Å²) in [5.74, 6) is 0.505. The van der Waals surface area contributed by atoms with E-state index in [0.717, 1.165) is 29.4 Å². The number of β-amino-alcohol motifs (C(OH)–C–C–N with tert-alkyl or cyclic N) is 1. The van der Waals surface area contributed by atoms with Gasteiger partial charge in [-0.05, 0) is 53.1 Å². The highest BCUT2D eigenvalue weighted by Gasteiger charge is 2.19. The second kappa shape index (κ2) is 6.39. The first-order valence-corrected chi connectivity index (χ1v) is 8.07. The number of benzene rings is 1. The Kier molecular flexibility index (Phi) is 4.54. The Labute approximate surface area is 136 Å². The summed E-state index contributed by atoms with van der Waals surface area (Å²) in [4.78, 5) is 2.48. The molecule has 1 saturated heterocycles. The van der Waals surface area contributed by atoms with E-state index in [0.29, 0.717) is 23.9 Å². The van der Waals surface area contributed by atoms with Crippen molar-refractivity contribution >= 4 is 28.1 Å². The average Bonchev–Trinajstić information content (AvgIpc) is 2.80. The number of rotatable bonds is 3. The summed E-state index contributed by atoms with van der Waals surface area (Å²) in [7, 11) is 0. The minimum Gasteiger partial charge on any atom is -0.409 e. The Morgan fingerprint density at radius 2 is 2.24 bits per heavy atom. The van der Waals surface area contributed by atoms with Crippen molar-refractivity contribution in [3.8, 4) is 11.5 Å². The first kappa shape index (κ1) is 14.9. The lowest BCUT2D eigenvalue weighted by Gasteiger charge is -2.29. The van der Waals surface area contributed by atoms with Crippen LogP contribution in [-0.4, -0.2) is 39.0 Å². The van der Waals surface area contributed by atoms with Crippen molar-refractivity contribution < 1.29 is 9.52 Å². The summed E-state index contributed by atoms with van der Waals surface area (Å²) in [5, 5.41) is 14.2. The second-order valence-electron chi connectivity index (χ2n) is 5.17. The standard InChI is InChI=1S/C14H16BrN3O2S/c15-12-6-2-1-5-11(12)13-16-18(14(21)20-13)9-17-7-3-4-10(19)8-17/h1-2,5-6,10,19H,3-4,7-9H2/t10-/m0/s1. The number of hydrogen-bond donors (Lipinski definition) is 1. The Bertz CT molecular complexity index is 685. The molecule has 1 atom stereocenters. The van der Waals surface area contributed by atoms with Gasteiger partial charge >= 0.3 is 0 Å². The molecule has 0 unspecified atom stereocenters. The quantitative estimate of drug-likeness (QED) is 0.842. The van der Waals surface area contributed by atoms with Crippen LogP contribution in [-0.2, 0) is 6.67 Å². The number of aromatic nitrogens is 2. The van der Waals surface area contributed by atoms with Crippen LogP contribution in [0.25, 0.3) is 11.5 Å². The minimum atomic E-state index is -0.262. The van der Waals surface area contributed by atoms with Gasteiger partial charge in [-0.3, -0.25) is 4.90 Å². The molecule has 0 radical (unpaired) electrons. The number of likely N-dealkylation sites (tertiary alicyclic amines) is 1. The van der Waals surface area contributed by atoms with Crippen LogP contribution in [0.1, 0.15) is 12.8 Å². The van der Waals surface area contributed by atoms with E-state index < -0.39 is 0 Å². The first-order chi connectivity index (χ1) is 10.1. The van der Waals surface area contributed by atoms with E-state index in [4.69, 9.17) is 16.6 Å². The molecule has 1 fully saturated rings. The van der Waals surface area contributed by atoms with E-state index in [-0.39, 0.29) is 6.10 Å². The molecular formula is C14H16BrN3O2S. The summed E-state index contributed by atoms with van der Waals surface area (Å²) in [6, 6.07) is 7.74. The molecule has 5 nitrogen and oxygen atoms in total. The zero-order valence-corrected chi connectivity index (χ0v) is 13.8. The van der Waals surface area contributed by atoms with Gasteiger partial charge in [0, 0.05) is 17.6 Å². The van der Waals surface area contributed by atoms with Gasteiger partial charge in [0.2, 0.25) is 5.89 Å². The van der Waals surface area contributed by atoms with Gasteiger partial charge in [-0.15, -0.1) is 5.10 Å². The van der Waals surface area contributed by atoms with Crippen molar-refractivity contribution in [3.63, 3.8) is 0 Å². The molecule has 0 saturated carbocycles. The van der Waals surface area contributed by atoms with E-state index >= 15 is 0 Å². The molecule has 112 valence electrons. The number of aliphatic hydroxyl groups excluding tert-OH is 1. The summed E-state index contributed by atoms with van der Waals surface area (Å²) in [6.07, 6.45) is 1.59. The zero-order valence-electron chi connectivity index (χ0n) is 11.4. The first-order valence-electron chi connectivity index (χ1n) is 6.87. The molecule has 1 aliphatic heterocycles. The summed E-state index contributed by atoms with van der Waals surface area (Å²) in [6.45, 7) is 2.14. The molecule has 1 aromatic carbocycles. The summed E-state index contributed by atoms with van der Waals surface area (Å²) in [5.41, 5.74) is 0.876. The van der Waals surface area contributed by atoms with Crippen LogP contribution in [0.4, 0.5) is 0 Å². The van der Waals surface area contributed by atoms with E-state index in [9.17, 15) is 5.11 Å². The third-order valence-corrected chi connectivity index (χ3v) is 4.51. The van der Waals surface area contributed by atoms with Gasteiger partial charge in [-0.1, -0.05) is 12.1 Å². The van der Waals surface area contributed by atoms with Crippen LogP contribution in [0.2, 0.25) is 0 Å². The zero-order chi connectivity index (χ0) is 14.8. The molecule has 2 aromatic rings. The molecule has 0 bridgehead atoms. The predicted molar refractivity (Wildman–Crippen MR) is 85.3 cm³/mol. The number of halogens is 1. The highest BCUT2D eigenvalue weighted by Crippen LogP contribution is 2.26. The average molecular weight is 370 g/mol. The Morgan fingerprint density at radius 1 is 1.43 bits per heavy atom. The van der Waals surface area contributed by atoms with Crippen molar-refractivity contribution in [2.24, 2.45) is 0 Å². The molecule has 1 aliphatic rings. The molecule has 2 heterocycles. The van der Waals surface area contributed by atoms with Gasteiger partial charge in [0.15, 0.2) is 0 Å². The van der Waals surface area contributed by atoms with E-state index in [2.05, 4.69) is 25.9 Å². The maximum atomic E-state index is 9.72. The van der Waals surface area contributed by atoms with Crippen LogP contribution in [0, 0.1) is 4.84 Å². The molecule has 1 N–H and O–H groups in total. The number of aliphatic hydroxyl groups is 1. The molecular weight excluding hydrogens is 354 g/mol. The molecule has 21 heavy (non-hydrogen) atoms. The normalized spacial score (nSPS) is 19.8. The number of piperidine rings is 1. The maximum absolute atomic E-state index is 9.72. The van der Waals surface area contributed by atoms with Crippen molar-refractivity contribution in [1.29, 1.82) is 0 Å². The molecule has 7 heteroatoms. The Hall–Kier alpha value is -1.02. The van der Waals surface area contributed by atoms with E-state index in [1.165, 1.54) is 0 Å².